The summed E-state index contributed by atoms with van der Waals surface area (Å²) in [6.07, 6.45) is 16.6. The van der Waals surface area contributed by atoms with Crippen LogP contribution in [0.1, 0.15) is 106 Å². The molecule has 2 heterocycles. The van der Waals surface area contributed by atoms with Gasteiger partial charge in [-0.1, -0.05) is 107 Å². The number of esters is 1. The summed E-state index contributed by atoms with van der Waals surface area (Å²) < 4.78 is 5.79. The quantitative estimate of drug-likeness (QED) is 0.169. The minimum Gasteiger partial charge on any atom is -0.464 e. The number of thiophene rings is 1. The Morgan fingerprint density at radius 2 is 1.62 bits per heavy atom. The summed E-state index contributed by atoms with van der Waals surface area (Å²) in [6, 6.07) is 9.41. The number of fused-ring (bicyclic) bond motifs is 1. The average Bonchev–Trinajstić information content (AvgIpc) is 3.31. The standard InChI is InChI=1S/C29H42ClNO2S/c1-2-3-4-5-6-7-8-9-10-11-12-15-21-33-29(32)28(25-16-13-14-17-26(25)30)31-20-18-27-24(23-31)19-22-34-27/h13-14,16-17,19,22,28H,2-12,15,18,20-21,23H2,1H3/t28-/m0/s1. The highest BCUT2D eigenvalue weighted by Gasteiger charge is 2.33. The zero-order valence-electron chi connectivity index (χ0n) is 20.9. The van der Waals surface area contributed by atoms with E-state index in [-0.39, 0.29) is 5.97 Å². The number of hydrogen-bond acceptors (Lipinski definition) is 4. The lowest BCUT2D eigenvalue weighted by Crippen LogP contribution is -2.38. The van der Waals surface area contributed by atoms with Gasteiger partial charge in [-0.15, -0.1) is 11.3 Å². The molecule has 188 valence electrons. The Balaban J connectivity index is 1.38. The Hall–Kier alpha value is -1.36. The molecule has 1 aliphatic heterocycles. The van der Waals surface area contributed by atoms with Gasteiger partial charge in [0.2, 0.25) is 0 Å². The first kappa shape index (κ1) is 27.2. The van der Waals surface area contributed by atoms with Gasteiger partial charge in [0.15, 0.2) is 0 Å². The molecule has 0 unspecified atom stereocenters. The van der Waals surface area contributed by atoms with Crippen LogP contribution in [0.5, 0.6) is 0 Å². The fraction of sp³-hybridized carbons (Fsp3) is 0.621. The third kappa shape index (κ3) is 8.70. The van der Waals surface area contributed by atoms with E-state index in [9.17, 15) is 4.79 Å². The zero-order valence-corrected chi connectivity index (χ0v) is 22.5. The van der Waals surface area contributed by atoms with E-state index in [1.807, 2.05) is 35.6 Å². The van der Waals surface area contributed by atoms with Crippen LogP contribution in [0, 0.1) is 0 Å². The van der Waals surface area contributed by atoms with E-state index in [0.717, 1.165) is 37.9 Å². The predicted molar refractivity (Wildman–Crippen MR) is 145 cm³/mol. The number of carbonyl (C=O) groups is 1. The van der Waals surface area contributed by atoms with E-state index in [0.29, 0.717) is 11.6 Å². The van der Waals surface area contributed by atoms with Gasteiger partial charge in [0.05, 0.1) is 6.61 Å². The number of ether oxygens (including phenoxy) is 1. The van der Waals surface area contributed by atoms with E-state index >= 15 is 0 Å². The Labute approximate surface area is 215 Å². The fourth-order valence-electron chi connectivity index (χ4n) is 4.86. The molecule has 34 heavy (non-hydrogen) atoms. The van der Waals surface area contributed by atoms with Crippen molar-refractivity contribution in [2.75, 3.05) is 13.2 Å². The first-order valence-electron chi connectivity index (χ1n) is 13.4. The van der Waals surface area contributed by atoms with Crippen LogP contribution in [0.4, 0.5) is 0 Å². The molecule has 1 atom stereocenters. The summed E-state index contributed by atoms with van der Waals surface area (Å²) in [5.74, 6) is -0.171. The minimum absolute atomic E-state index is 0.171. The van der Waals surface area contributed by atoms with Crippen LogP contribution in [0.2, 0.25) is 5.02 Å². The molecule has 2 aromatic rings. The molecule has 0 N–H and O–H groups in total. The van der Waals surface area contributed by atoms with Gasteiger partial charge in [0, 0.05) is 23.0 Å². The van der Waals surface area contributed by atoms with Crippen molar-refractivity contribution in [2.24, 2.45) is 0 Å². The van der Waals surface area contributed by atoms with Crippen molar-refractivity contribution in [1.29, 1.82) is 0 Å². The lowest BCUT2D eigenvalue weighted by atomic mass is 10.0. The van der Waals surface area contributed by atoms with Crippen LogP contribution < -0.4 is 0 Å². The molecular formula is C29H42ClNO2S. The second-order valence-electron chi connectivity index (χ2n) is 9.57. The van der Waals surface area contributed by atoms with Gasteiger partial charge in [0.1, 0.15) is 6.04 Å². The third-order valence-electron chi connectivity index (χ3n) is 6.87. The van der Waals surface area contributed by atoms with Gasteiger partial charge in [-0.05, 0) is 41.5 Å². The maximum Gasteiger partial charge on any atom is 0.328 e. The first-order valence-corrected chi connectivity index (χ1v) is 14.7. The number of unbranched alkanes of at least 4 members (excludes halogenated alkanes) is 11. The molecular weight excluding hydrogens is 462 g/mol. The number of hydrogen-bond donors (Lipinski definition) is 0. The van der Waals surface area contributed by atoms with E-state index in [2.05, 4.69) is 23.3 Å². The molecule has 0 radical (unpaired) electrons. The molecule has 3 nitrogen and oxygen atoms in total. The highest BCUT2D eigenvalue weighted by Crippen LogP contribution is 2.34. The van der Waals surface area contributed by atoms with Crippen LogP contribution in [0.25, 0.3) is 0 Å². The van der Waals surface area contributed by atoms with Gasteiger partial charge in [-0.3, -0.25) is 4.90 Å². The highest BCUT2D eigenvalue weighted by atomic mass is 35.5. The van der Waals surface area contributed by atoms with Crippen LogP contribution in [-0.2, 0) is 22.5 Å². The Morgan fingerprint density at radius 3 is 2.29 bits per heavy atom. The summed E-state index contributed by atoms with van der Waals surface area (Å²) in [5.41, 5.74) is 2.17. The number of carbonyl (C=O) groups excluding carboxylic acids is 1. The highest BCUT2D eigenvalue weighted by molar-refractivity contribution is 7.10. The summed E-state index contributed by atoms with van der Waals surface area (Å²) in [7, 11) is 0. The van der Waals surface area contributed by atoms with Gasteiger partial charge in [-0.2, -0.15) is 0 Å². The number of nitrogens with zero attached hydrogens (tertiary/aromatic N) is 1. The van der Waals surface area contributed by atoms with Crippen molar-refractivity contribution in [3.8, 4) is 0 Å². The molecule has 0 saturated heterocycles. The van der Waals surface area contributed by atoms with Crippen molar-refractivity contribution < 1.29 is 9.53 Å². The predicted octanol–water partition coefficient (Wildman–Crippen LogP) is 8.75. The normalized spacial score (nSPS) is 14.6. The van der Waals surface area contributed by atoms with Crippen LogP contribution in [0.15, 0.2) is 35.7 Å². The largest absolute Gasteiger partial charge is 0.464 e. The molecule has 1 aromatic heterocycles. The van der Waals surface area contributed by atoms with Gasteiger partial charge in [-0.25, -0.2) is 4.79 Å². The lowest BCUT2D eigenvalue weighted by molar-refractivity contribution is -0.151. The van der Waals surface area contributed by atoms with Gasteiger partial charge >= 0.3 is 5.97 Å². The number of benzene rings is 1. The maximum atomic E-state index is 13.2. The second-order valence-corrected chi connectivity index (χ2v) is 11.0. The van der Waals surface area contributed by atoms with E-state index < -0.39 is 6.04 Å². The van der Waals surface area contributed by atoms with Crippen molar-refractivity contribution in [1.82, 2.24) is 4.90 Å². The number of rotatable bonds is 16. The Bertz CT molecular complexity index is 852. The Kier molecular flexibility index (Phi) is 12.5. The molecule has 0 spiro atoms. The third-order valence-corrected chi connectivity index (χ3v) is 8.23. The zero-order chi connectivity index (χ0) is 24.0. The smallest absolute Gasteiger partial charge is 0.328 e. The molecule has 0 fully saturated rings. The average molecular weight is 504 g/mol. The van der Waals surface area contributed by atoms with E-state index in [4.69, 9.17) is 16.3 Å². The molecule has 5 heteroatoms. The SMILES string of the molecule is CCCCCCCCCCCCCCOC(=O)[C@H](c1ccccc1Cl)N1CCc2sccc2C1. The van der Waals surface area contributed by atoms with Crippen molar-refractivity contribution in [3.63, 3.8) is 0 Å². The Morgan fingerprint density at radius 1 is 0.971 bits per heavy atom. The molecule has 0 bridgehead atoms. The lowest BCUT2D eigenvalue weighted by Gasteiger charge is -2.33. The van der Waals surface area contributed by atoms with Crippen LogP contribution >= 0.6 is 22.9 Å². The van der Waals surface area contributed by atoms with Gasteiger partial charge in [0.25, 0.3) is 0 Å². The summed E-state index contributed by atoms with van der Waals surface area (Å²) in [4.78, 5) is 16.9. The molecule has 0 saturated carbocycles. The molecule has 1 aromatic carbocycles. The van der Waals surface area contributed by atoms with E-state index in [1.54, 1.807) is 0 Å². The van der Waals surface area contributed by atoms with Gasteiger partial charge < -0.3 is 4.74 Å². The number of halogens is 1. The summed E-state index contributed by atoms with van der Waals surface area (Å²) in [5, 5.41) is 2.77. The topological polar surface area (TPSA) is 29.5 Å². The molecule has 1 aliphatic rings. The van der Waals surface area contributed by atoms with Crippen molar-refractivity contribution >= 4 is 28.9 Å². The molecule has 3 rings (SSSR count). The first-order chi connectivity index (χ1) is 16.7. The van der Waals surface area contributed by atoms with Crippen LogP contribution in [-0.4, -0.2) is 24.0 Å². The summed E-state index contributed by atoms with van der Waals surface area (Å²) in [6.45, 7) is 4.38. The van der Waals surface area contributed by atoms with E-state index in [1.165, 1.54) is 74.6 Å². The maximum absolute atomic E-state index is 13.2. The van der Waals surface area contributed by atoms with Crippen molar-refractivity contribution in [2.45, 2.75) is 103 Å². The monoisotopic (exact) mass is 503 g/mol. The fourth-order valence-corrected chi connectivity index (χ4v) is 5.98. The summed E-state index contributed by atoms with van der Waals surface area (Å²) >= 11 is 8.32. The second kappa shape index (κ2) is 15.6. The van der Waals surface area contributed by atoms with Crippen LogP contribution in [0.3, 0.4) is 0 Å². The van der Waals surface area contributed by atoms with Crippen molar-refractivity contribution in [3.05, 3.63) is 56.7 Å². The molecule has 0 amide bonds. The molecule has 0 aliphatic carbocycles. The minimum atomic E-state index is -0.445.